The van der Waals surface area contributed by atoms with Gasteiger partial charge in [-0.25, -0.2) is 0 Å². The van der Waals surface area contributed by atoms with Crippen molar-refractivity contribution in [3.8, 4) is 0 Å². The molecule has 0 saturated carbocycles. The Balaban J connectivity index is 4.20. The van der Waals surface area contributed by atoms with Crippen LogP contribution >= 0.6 is 0 Å². The van der Waals surface area contributed by atoms with Crippen molar-refractivity contribution < 1.29 is 8.85 Å². The number of hydrogen-bond acceptors (Lipinski definition) is 3. The van der Waals surface area contributed by atoms with E-state index in [-0.39, 0.29) is 0 Å². The van der Waals surface area contributed by atoms with Crippen LogP contribution in [0.1, 0.15) is 20.8 Å². The van der Waals surface area contributed by atoms with Gasteiger partial charge in [0.05, 0.1) is 0 Å². The zero-order valence-corrected chi connectivity index (χ0v) is 9.10. The lowest BCUT2D eigenvalue weighted by molar-refractivity contribution is 0.219. The third kappa shape index (κ3) is 2.55. The molecule has 0 atom stereocenters. The highest BCUT2D eigenvalue weighted by atomic mass is 28.4. The second-order valence-electron chi connectivity index (χ2n) is 2.76. The van der Waals surface area contributed by atoms with Crippen LogP contribution in [0, 0.1) is 0 Å². The molecule has 0 aromatic rings. The summed E-state index contributed by atoms with van der Waals surface area (Å²) in [5.74, 6) is 0. The van der Waals surface area contributed by atoms with E-state index < -0.39 is 8.72 Å². The Kier molecular flexibility index (Phi) is 4.91. The molecule has 0 amide bonds. The van der Waals surface area contributed by atoms with Gasteiger partial charge >= 0.3 is 8.72 Å². The van der Waals surface area contributed by atoms with Crippen molar-refractivity contribution in [1.82, 2.24) is 4.98 Å². The Hall–Kier alpha value is 0.0969. The third-order valence-electron chi connectivity index (χ3n) is 1.79. The Morgan fingerprint density at radius 2 is 1.73 bits per heavy atom. The van der Waals surface area contributed by atoms with Crippen LogP contribution < -0.4 is 4.98 Å². The van der Waals surface area contributed by atoms with Gasteiger partial charge in [0.1, 0.15) is 0 Å². The fraction of sp³-hybridized carbons (Fsp3) is 1.00. The SMILES string of the molecule is CCN[Si](OC)(OC)C(C)C. The summed E-state index contributed by atoms with van der Waals surface area (Å²) >= 11 is 0. The van der Waals surface area contributed by atoms with Gasteiger partial charge in [0, 0.05) is 19.8 Å². The first-order valence-electron chi connectivity index (χ1n) is 3.98. The van der Waals surface area contributed by atoms with Crippen molar-refractivity contribution in [2.75, 3.05) is 20.8 Å². The van der Waals surface area contributed by atoms with Crippen molar-refractivity contribution in [3.63, 3.8) is 0 Å². The molecule has 0 rings (SSSR count). The molecule has 1 N–H and O–H groups in total. The largest absolute Gasteiger partial charge is 0.427 e. The average Bonchev–Trinajstić information content (AvgIpc) is 2.00. The molecule has 0 aliphatic rings. The summed E-state index contributed by atoms with van der Waals surface area (Å²) in [7, 11) is 1.34. The van der Waals surface area contributed by atoms with Gasteiger partial charge in [-0.3, -0.25) is 4.98 Å². The molecule has 68 valence electrons. The Labute approximate surface area is 70.4 Å². The normalized spacial score (nSPS) is 12.5. The van der Waals surface area contributed by atoms with Gasteiger partial charge in [0.25, 0.3) is 0 Å². The van der Waals surface area contributed by atoms with E-state index in [1.54, 1.807) is 14.2 Å². The summed E-state index contributed by atoms with van der Waals surface area (Å²) in [5.41, 5.74) is 0.428. The number of nitrogens with one attached hydrogen (secondary N) is 1. The van der Waals surface area contributed by atoms with E-state index in [0.29, 0.717) is 5.54 Å². The maximum absolute atomic E-state index is 5.39. The van der Waals surface area contributed by atoms with Crippen LogP contribution in [-0.4, -0.2) is 29.5 Å². The smallest absolute Gasteiger partial charge is 0.386 e. The van der Waals surface area contributed by atoms with Crippen molar-refractivity contribution in [2.24, 2.45) is 0 Å². The first-order valence-corrected chi connectivity index (χ1v) is 5.87. The Morgan fingerprint density at radius 1 is 1.27 bits per heavy atom. The lowest BCUT2D eigenvalue weighted by Gasteiger charge is -2.30. The molecule has 0 spiro atoms. The molecule has 0 radical (unpaired) electrons. The molecule has 0 aromatic carbocycles. The van der Waals surface area contributed by atoms with Crippen LogP contribution in [0.4, 0.5) is 0 Å². The fourth-order valence-electron chi connectivity index (χ4n) is 1.15. The van der Waals surface area contributed by atoms with Crippen LogP contribution in [0.25, 0.3) is 0 Å². The topological polar surface area (TPSA) is 30.5 Å². The highest BCUT2D eigenvalue weighted by molar-refractivity contribution is 6.66. The number of rotatable bonds is 5. The van der Waals surface area contributed by atoms with Gasteiger partial charge in [-0.15, -0.1) is 0 Å². The molecule has 0 unspecified atom stereocenters. The first kappa shape index (κ1) is 11.1. The quantitative estimate of drug-likeness (QED) is 0.641. The molecule has 0 aromatic heterocycles. The maximum atomic E-state index is 5.39. The van der Waals surface area contributed by atoms with Gasteiger partial charge in [0.2, 0.25) is 0 Å². The predicted octanol–water partition coefficient (Wildman–Crippen LogP) is 1.24. The molecule has 3 nitrogen and oxygen atoms in total. The highest BCUT2D eigenvalue weighted by Gasteiger charge is 2.39. The third-order valence-corrected chi connectivity index (χ3v) is 5.37. The molecule has 0 heterocycles. The van der Waals surface area contributed by atoms with Gasteiger partial charge < -0.3 is 8.85 Å². The van der Waals surface area contributed by atoms with E-state index in [1.165, 1.54) is 0 Å². The van der Waals surface area contributed by atoms with Crippen LogP contribution in [-0.2, 0) is 8.85 Å². The fourth-order valence-corrected chi connectivity index (χ4v) is 3.45. The van der Waals surface area contributed by atoms with Crippen molar-refractivity contribution in [2.45, 2.75) is 26.3 Å². The Morgan fingerprint density at radius 3 is 1.82 bits per heavy atom. The van der Waals surface area contributed by atoms with Crippen molar-refractivity contribution >= 4 is 8.72 Å². The minimum atomic E-state index is -2.07. The summed E-state index contributed by atoms with van der Waals surface area (Å²) in [6, 6.07) is 0. The monoisotopic (exact) mass is 177 g/mol. The minimum absolute atomic E-state index is 0.428. The standard InChI is InChI=1S/C7H19NO2Si/c1-6-8-11(9-4,10-5)7(2)3/h7-8H,6H2,1-5H3. The molecule has 0 aliphatic carbocycles. The van der Waals surface area contributed by atoms with Crippen molar-refractivity contribution in [3.05, 3.63) is 0 Å². The second kappa shape index (κ2) is 4.87. The molecule has 0 fully saturated rings. The lowest BCUT2D eigenvalue weighted by Crippen LogP contribution is -2.57. The molecular formula is C7H19NO2Si. The van der Waals surface area contributed by atoms with Crippen LogP contribution in [0.15, 0.2) is 0 Å². The predicted molar refractivity (Wildman–Crippen MR) is 48.5 cm³/mol. The number of hydrogen-bond donors (Lipinski definition) is 1. The van der Waals surface area contributed by atoms with Gasteiger partial charge in [-0.1, -0.05) is 20.8 Å². The molecule has 11 heavy (non-hydrogen) atoms. The van der Waals surface area contributed by atoms with Gasteiger partial charge in [0.15, 0.2) is 0 Å². The zero-order chi connectivity index (χ0) is 8.91. The van der Waals surface area contributed by atoms with Gasteiger partial charge in [-0.05, 0) is 6.54 Å². The van der Waals surface area contributed by atoms with E-state index in [1.807, 2.05) is 0 Å². The van der Waals surface area contributed by atoms with Crippen LogP contribution in [0.3, 0.4) is 0 Å². The van der Waals surface area contributed by atoms with E-state index in [2.05, 4.69) is 25.8 Å². The van der Waals surface area contributed by atoms with E-state index in [0.717, 1.165) is 6.54 Å². The summed E-state index contributed by atoms with van der Waals surface area (Å²) in [6.45, 7) is 7.18. The zero-order valence-electron chi connectivity index (χ0n) is 8.10. The summed E-state index contributed by atoms with van der Waals surface area (Å²) in [6.07, 6.45) is 0. The van der Waals surface area contributed by atoms with E-state index in [9.17, 15) is 0 Å². The van der Waals surface area contributed by atoms with E-state index >= 15 is 0 Å². The molecule has 4 heteroatoms. The van der Waals surface area contributed by atoms with Crippen LogP contribution in [0.5, 0.6) is 0 Å². The van der Waals surface area contributed by atoms with Crippen molar-refractivity contribution in [1.29, 1.82) is 0 Å². The first-order chi connectivity index (χ1) is 5.13. The molecule has 0 saturated heterocycles. The molecule has 0 aliphatic heterocycles. The second-order valence-corrected chi connectivity index (χ2v) is 6.42. The summed E-state index contributed by atoms with van der Waals surface area (Å²) in [4.78, 5) is 3.29. The lowest BCUT2D eigenvalue weighted by atomic mass is 10.6. The van der Waals surface area contributed by atoms with E-state index in [4.69, 9.17) is 8.85 Å². The molecule has 0 bridgehead atoms. The molecular weight excluding hydrogens is 158 g/mol. The van der Waals surface area contributed by atoms with Gasteiger partial charge in [-0.2, -0.15) is 0 Å². The van der Waals surface area contributed by atoms with Crippen LogP contribution in [0.2, 0.25) is 5.54 Å². The highest BCUT2D eigenvalue weighted by Crippen LogP contribution is 2.18. The maximum Gasteiger partial charge on any atom is 0.427 e. The summed E-state index contributed by atoms with van der Waals surface area (Å²) < 4.78 is 10.8. The Bertz CT molecular complexity index is 105. The minimum Gasteiger partial charge on any atom is -0.386 e. The average molecular weight is 177 g/mol. The summed E-state index contributed by atoms with van der Waals surface area (Å²) in [5, 5.41) is 0.